The van der Waals surface area contributed by atoms with Gasteiger partial charge in [-0.15, -0.1) is 0 Å². The predicted molar refractivity (Wildman–Crippen MR) is 157 cm³/mol. The lowest BCUT2D eigenvalue weighted by Crippen LogP contribution is -2.28. The maximum Gasteiger partial charge on any atom is 0.256 e. The van der Waals surface area contributed by atoms with Crippen molar-refractivity contribution >= 4 is 34.5 Å². The van der Waals surface area contributed by atoms with Crippen LogP contribution < -0.4 is 11.1 Å². The summed E-state index contributed by atoms with van der Waals surface area (Å²) < 4.78 is 1.87. The molecule has 0 spiro atoms. The summed E-state index contributed by atoms with van der Waals surface area (Å²) in [5.41, 5.74) is 9.86. The summed E-state index contributed by atoms with van der Waals surface area (Å²) in [6, 6.07) is 11.5. The smallest absolute Gasteiger partial charge is 0.256 e. The number of pyridine rings is 1. The van der Waals surface area contributed by atoms with Gasteiger partial charge < -0.3 is 16.0 Å². The molecule has 6 rings (SSSR count). The number of likely N-dealkylation sites (tertiary alicyclic amines) is 1. The van der Waals surface area contributed by atoms with E-state index in [9.17, 15) is 9.59 Å². The molecule has 2 amide bonds. The van der Waals surface area contributed by atoms with Gasteiger partial charge in [-0.25, -0.2) is 19.6 Å². The number of carbonyl (C=O) groups excluding carboxylic acids is 2. The molecular formula is C30H33N9O2. The number of aromatic nitrogens is 5. The van der Waals surface area contributed by atoms with E-state index in [2.05, 4.69) is 32.2 Å². The zero-order valence-electron chi connectivity index (χ0n) is 23.2. The highest BCUT2D eigenvalue weighted by atomic mass is 16.2. The number of benzene rings is 1. The molecule has 41 heavy (non-hydrogen) atoms. The average molecular weight is 552 g/mol. The lowest BCUT2D eigenvalue weighted by molar-refractivity contribution is -0.125. The number of amides is 2. The van der Waals surface area contributed by atoms with Gasteiger partial charge in [-0.05, 0) is 63.1 Å². The standard InChI is InChI=1S/C30H33N9O2/c1-19-11-13-32-24(16-19)35-30(41)21-7-5-20(6-8-21)27-26-28(31)33-18-34-29(26)39(36-27)23-12-15-38(17-23)25(40)4-3-14-37(2)22-9-10-22/h3-8,11,13,16,18,22-23H,9-10,12,14-15,17H2,1-2H3,(H2,31,33,34)(H,32,35,41)/b4-3+. The first-order valence-electron chi connectivity index (χ1n) is 13.9. The van der Waals surface area contributed by atoms with Gasteiger partial charge in [-0.3, -0.25) is 14.5 Å². The van der Waals surface area contributed by atoms with Crippen LogP contribution in [0, 0.1) is 6.92 Å². The first kappa shape index (κ1) is 26.6. The summed E-state index contributed by atoms with van der Waals surface area (Å²) in [5, 5.41) is 8.40. The molecule has 2 fully saturated rings. The Balaban J connectivity index is 1.20. The second-order valence-corrected chi connectivity index (χ2v) is 10.8. The number of hydrogen-bond donors (Lipinski definition) is 2. The summed E-state index contributed by atoms with van der Waals surface area (Å²) in [5.74, 6) is 0.588. The van der Waals surface area contributed by atoms with E-state index in [0.29, 0.717) is 53.1 Å². The summed E-state index contributed by atoms with van der Waals surface area (Å²) in [7, 11) is 2.09. The number of likely N-dealkylation sites (N-methyl/N-ethyl adjacent to an activating group) is 1. The molecular weight excluding hydrogens is 518 g/mol. The van der Waals surface area contributed by atoms with E-state index in [1.807, 2.05) is 46.8 Å². The van der Waals surface area contributed by atoms with Crippen LogP contribution in [-0.2, 0) is 4.79 Å². The fourth-order valence-corrected chi connectivity index (χ4v) is 5.26. The Hall–Kier alpha value is -4.64. The lowest BCUT2D eigenvalue weighted by Gasteiger charge is -2.16. The van der Waals surface area contributed by atoms with Crippen molar-refractivity contribution in [1.82, 2.24) is 34.5 Å². The molecule has 3 aromatic heterocycles. The minimum absolute atomic E-state index is 0.0113. The summed E-state index contributed by atoms with van der Waals surface area (Å²) >= 11 is 0. The molecule has 0 bridgehead atoms. The minimum Gasteiger partial charge on any atom is -0.383 e. The van der Waals surface area contributed by atoms with Crippen molar-refractivity contribution in [3.63, 3.8) is 0 Å². The quantitative estimate of drug-likeness (QED) is 0.318. The molecule has 1 saturated carbocycles. The SMILES string of the molecule is Cc1ccnc(NC(=O)c2ccc(-c3nn(C4CCN(C(=O)/C=C/CN(C)C5CC5)C4)c4ncnc(N)c34)cc2)c1. The molecule has 1 atom stereocenters. The molecule has 1 aliphatic carbocycles. The number of anilines is 2. The third-order valence-corrected chi connectivity index (χ3v) is 7.74. The van der Waals surface area contributed by atoms with Crippen LogP contribution in [-0.4, -0.2) is 79.1 Å². The average Bonchev–Trinajstić information content (AvgIpc) is 3.57. The predicted octanol–water partition coefficient (Wildman–Crippen LogP) is 3.46. The summed E-state index contributed by atoms with van der Waals surface area (Å²) in [6.45, 7) is 3.90. The zero-order chi connectivity index (χ0) is 28.5. The molecule has 210 valence electrons. The molecule has 2 aliphatic rings. The van der Waals surface area contributed by atoms with E-state index in [0.717, 1.165) is 24.1 Å². The number of carbonyl (C=O) groups is 2. The molecule has 1 unspecified atom stereocenters. The van der Waals surface area contributed by atoms with Gasteiger partial charge in [0.25, 0.3) is 5.91 Å². The maximum absolute atomic E-state index is 12.9. The van der Waals surface area contributed by atoms with Crippen molar-refractivity contribution < 1.29 is 9.59 Å². The third kappa shape index (κ3) is 5.66. The molecule has 4 aromatic rings. The molecule has 3 N–H and O–H groups in total. The monoisotopic (exact) mass is 551 g/mol. The Morgan fingerprint density at radius 3 is 2.68 bits per heavy atom. The van der Waals surface area contributed by atoms with Crippen LogP contribution in [0.15, 0.2) is 61.1 Å². The van der Waals surface area contributed by atoms with Gasteiger partial charge in [0.15, 0.2) is 5.65 Å². The summed E-state index contributed by atoms with van der Waals surface area (Å²) in [6.07, 6.45) is 9.96. The van der Waals surface area contributed by atoms with Crippen LogP contribution in [0.2, 0.25) is 0 Å². The van der Waals surface area contributed by atoms with Gasteiger partial charge in [-0.2, -0.15) is 5.10 Å². The van der Waals surface area contributed by atoms with E-state index in [1.54, 1.807) is 24.4 Å². The van der Waals surface area contributed by atoms with Crippen LogP contribution in [0.4, 0.5) is 11.6 Å². The third-order valence-electron chi connectivity index (χ3n) is 7.74. The number of nitrogens with zero attached hydrogens (tertiary/aromatic N) is 7. The highest BCUT2D eigenvalue weighted by Gasteiger charge is 2.30. The van der Waals surface area contributed by atoms with E-state index < -0.39 is 0 Å². The minimum atomic E-state index is -0.253. The van der Waals surface area contributed by atoms with Gasteiger partial charge >= 0.3 is 0 Å². The summed E-state index contributed by atoms with van der Waals surface area (Å²) in [4.78, 5) is 42.7. The van der Waals surface area contributed by atoms with E-state index >= 15 is 0 Å². The van der Waals surface area contributed by atoms with Crippen LogP contribution in [0.1, 0.15) is 41.2 Å². The van der Waals surface area contributed by atoms with Crippen molar-refractivity contribution in [3.8, 4) is 11.3 Å². The Bertz CT molecular complexity index is 1620. The Labute approximate surface area is 238 Å². The molecule has 0 radical (unpaired) electrons. The van der Waals surface area contributed by atoms with Crippen LogP contribution >= 0.6 is 0 Å². The number of nitrogens with one attached hydrogen (secondary N) is 1. The van der Waals surface area contributed by atoms with E-state index in [1.165, 1.54) is 19.2 Å². The normalized spacial score (nSPS) is 17.1. The number of nitrogen functional groups attached to an aromatic ring is 1. The Kier molecular flexibility index (Phi) is 7.19. The lowest BCUT2D eigenvalue weighted by atomic mass is 10.1. The maximum atomic E-state index is 12.9. The molecule has 1 aromatic carbocycles. The number of hydrogen-bond acceptors (Lipinski definition) is 8. The van der Waals surface area contributed by atoms with Gasteiger partial charge in [0, 0.05) is 49.1 Å². The Morgan fingerprint density at radius 2 is 1.93 bits per heavy atom. The van der Waals surface area contributed by atoms with Gasteiger partial charge in [-0.1, -0.05) is 18.2 Å². The number of rotatable bonds is 8. The van der Waals surface area contributed by atoms with E-state index in [-0.39, 0.29) is 17.9 Å². The molecule has 11 heteroatoms. The van der Waals surface area contributed by atoms with Crippen molar-refractivity contribution in [2.24, 2.45) is 0 Å². The van der Waals surface area contributed by atoms with Gasteiger partial charge in [0.1, 0.15) is 23.7 Å². The second-order valence-electron chi connectivity index (χ2n) is 10.8. The van der Waals surface area contributed by atoms with Crippen LogP contribution in [0.3, 0.4) is 0 Å². The van der Waals surface area contributed by atoms with Crippen LogP contribution in [0.25, 0.3) is 22.3 Å². The second kappa shape index (κ2) is 11.1. The highest BCUT2D eigenvalue weighted by molar-refractivity contribution is 6.04. The zero-order valence-corrected chi connectivity index (χ0v) is 23.2. The van der Waals surface area contributed by atoms with Crippen molar-refractivity contribution in [3.05, 3.63) is 72.2 Å². The van der Waals surface area contributed by atoms with Gasteiger partial charge in [0.05, 0.1) is 11.4 Å². The van der Waals surface area contributed by atoms with Crippen molar-refractivity contribution in [2.45, 2.75) is 38.3 Å². The highest BCUT2D eigenvalue weighted by Crippen LogP contribution is 2.34. The first-order chi connectivity index (χ1) is 19.9. The number of aryl methyl sites for hydroxylation is 1. The molecule has 1 saturated heterocycles. The topological polar surface area (TPSA) is 135 Å². The van der Waals surface area contributed by atoms with E-state index in [4.69, 9.17) is 10.8 Å². The van der Waals surface area contributed by atoms with Gasteiger partial charge in [0.2, 0.25) is 5.91 Å². The Morgan fingerprint density at radius 1 is 1.12 bits per heavy atom. The molecule has 4 heterocycles. The van der Waals surface area contributed by atoms with Crippen molar-refractivity contribution in [2.75, 3.05) is 37.7 Å². The number of nitrogens with two attached hydrogens (primary N) is 1. The first-order valence-corrected chi connectivity index (χ1v) is 13.9. The number of fused-ring (bicyclic) bond motifs is 1. The van der Waals surface area contributed by atoms with Crippen molar-refractivity contribution in [1.29, 1.82) is 0 Å². The molecule has 1 aliphatic heterocycles. The fourth-order valence-electron chi connectivity index (χ4n) is 5.26. The fraction of sp³-hybridized carbons (Fsp3) is 0.333. The largest absolute Gasteiger partial charge is 0.383 e. The molecule has 11 nitrogen and oxygen atoms in total. The van der Waals surface area contributed by atoms with Crippen LogP contribution in [0.5, 0.6) is 0 Å².